The number of nitrogens with one attached hydrogen (secondary N) is 1. The summed E-state index contributed by atoms with van der Waals surface area (Å²) in [6.45, 7) is 3.55. The summed E-state index contributed by atoms with van der Waals surface area (Å²) >= 11 is 0. The molecule has 0 radical (unpaired) electrons. The number of nitrogens with zero attached hydrogens (tertiary/aromatic N) is 1. The van der Waals surface area contributed by atoms with Gasteiger partial charge >= 0.3 is 0 Å². The Morgan fingerprint density at radius 1 is 1.50 bits per heavy atom. The minimum absolute atomic E-state index is 0.0288. The van der Waals surface area contributed by atoms with Gasteiger partial charge in [-0.15, -0.1) is 0 Å². The maximum absolute atomic E-state index is 12.0. The van der Waals surface area contributed by atoms with Crippen molar-refractivity contribution in [3.63, 3.8) is 0 Å². The highest BCUT2D eigenvalue weighted by atomic mass is 32.2. The van der Waals surface area contributed by atoms with Crippen molar-refractivity contribution >= 4 is 21.6 Å². The number of rotatable bonds is 4. The summed E-state index contributed by atoms with van der Waals surface area (Å²) in [5.41, 5.74) is 1.62. The van der Waals surface area contributed by atoms with Gasteiger partial charge in [-0.3, -0.25) is 4.79 Å². The number of fused-ring (bicyclic) bond motifs is 1. The summed E-state index contributed by atoms with van der Waals surface area (Å²) in [5.74, 6) is -0.0495. The van der Waals surface area contributed by atoms with Crippen LogP contribution >= 0.6 is 0 Å². The van der Waals surface area contributed by atoms with E-state index in [0.29, 0.717) is 13.0 Å². The molecule has 0 bridgehead atoms. The first-order valence-corrected chi connectivity index (χ1v) is 7.88. The Labute approximate surface area is 118 Å². The van der Waals surface area contributed by atoms with Crippen LogP contribution in [-0.4, -0.2) is 38.6 Å². The predicted molar refractivity (Wildman–Crippen MR) is 75.0 cm³/mol. The molecule has 1 atom stereocenters. The van der Waals surface area contributed by atoms with Gasteiger partial charge in [-0.05, 0) is 37.1 Å². The second-order valence-corrected chi connectivity index (χ2v) is 6.68. The summed E-state index contributed by atoms with van der Waals surface area (Å²) in [5, 5.41) is 9.14. The largest absolute Gasteiger partial charge is 0.392 e. The lowest BCUT2D eigenvalue weighted by Crippen LogP contribution is -2.30. The van der Waals surface area contributed by atoms with Crippen LogP contribution in [0.25, 0.3) is 0 Å². The molecule has 0 aromatic heterocycles. The van der Waals surface area contributed by atoms with Crippen LogP contribution in [0.4, 0.5) is 5.69 Å². The summed E-state index contributed by atoms with van der Waals surface area (Å²) in [7, 11) is -3.63. The number of aliphatic hydroxyl groups excluding tert-OH is 1. The summed E-state index contributed by atoms with van der Waals surface area (Å²) in [6, 6.07) is 4.72. The molecule has 1 aromatic carbocycles. The van der Waals surface area contributed by atoms with E-state index in [2.05, 4.69) is 4.72 Å². The molecule has 20 heavy (non-hydrogen) atoms. The van der Waals surface area contributed by atoms with Crippen molar-refractivity contribution in [1.29, 1.82) is 0 Å². The number of carbonyl (C=O) groups is 1. The zero-order valence-electron chi connectivity index (χ0n) is 11.5. The molecule has 0 unspecified atom stereocenters. The molecular weight excluding hydrogens is 280 g/mol. The third-order valence-electron chi connectivity index (χ3n) is 3.21. The summed E-state index contributed by atoms with van der Waals surface area (Å²) < 4.78 is 26.4. The van der Waals surface area contributed by atoms with Crippen molar-refractivity contribution in [2.75, 3.05) is 18.0 Å². The zero-order chi connectivity index (χ0) is 14.9. The Morgan fingerprint density at radius 3 is 2.80 bits per heavy atom. The van der Waals surface area contributed by atoms with E-state index in [1.54, 1.807) is 17.0 Å². The fourth-order valence-corrected chi connectivity index (χ4v) is 3.36. The quantitative estimate of drug-likeness (QED) is 0.834. The summed E-state index contributed by atoms with van der Waals surface area (Å²) in [6.07, 6.45) is -0.0956. The average molecular weight is 298 g/mol. The van der Waals surface area contributed by atoms with E-state index in [0.717, 1.165) is 11.3 Å². The molecule has 0 fully saturated rings. The molecule has 6 nitrogen and oxygen atoms in total. The fourth-order valence-electron chi connectivity index (χ4n) is 2.19. The molecular formula is C13H18N2O4S. The lowest BCUT2D eigenvalue weighted by Gasteiger charge is -2.15. The van der Waals surface area contributed by atoms with Gasteiger partial charge in [-0.1, -0.05) is 0 Å². The first-order chi connectivity index (χ1) is 9.31. The van der Waals surface area contributed by atoms with E-state index < -0.39 is 16.1 Å². The van der Waals surface area contributed by atoms with Crippen LogP contribution in [0.2, 0.25) is 0 Å². The Kier molecular flexibility index (Phi) is 4.12. The van der Waals surface area contributed by atoms with Gasteiger partial charge in [-0.25, -0.2) is 13.1 Å². The molecule has 1 aliphatic heterocycles. The van der Waals surface area contributed by atoms with Gasteiger partial charge in [0.2, 0.25) is 15.9 Å². The molecule has 0 spiro atoms. The third-order valence-corrected chi connectivity index (χ3v) is 4.63. The van der Waals surface area contributed by atoms with Crippen LogP contribution in [0.1, 0.15) is 19.4 Å². The molecule has 0 saturated heterocycles. The van der Waals surface area contributed by atoms with E-state index in [1.165, 1.54) is 19.9 Å². The van der Waals surface area contributed by atoms with E-state index >= 15 is 0 Å². The number of hydrogen-bond donors (Lipinski definition) is 2. The monoisotopic (exact) mass is 298 g/mol. The van der Waals surface area contributed by atoms with Crippen LogP contribution in [0.15, 0.2) is 23.1 Å². The van der Waals surface area contributed by atoms with Crippen molar-refractivity contribution in [3.8, 4) is 0 Å². The van der Waals surface area contributed by atoms with Crippen molar-refractivity contribution < 1.29 is 18.3 Å². The van der Waals surface area contributed by atoms with Crippen LogP contribution in [0.3, 0.4) is 0 Å². The van der Waals surface area contributed by atoms with Gasteiger partial charge in [0.05, 0.1) is 11.0 Å². The van der Waals surface area contributed by atoms with Gasteiger partial charge in [0.25, 0.3) is 0 Å². The van der Waals surface area contributed by atoms with Crippen molar-refractivity contribution in [1.82, 2.24) is 4.72 Å². The first kappa shape index (κ1) is 15.0. The number of sulfonamides is 1. The molecule has 1 heterocycles. The SMILES string of the molecule is CC(=O)N1CCc2cc(S(=O)(=O)NC[C@@H](C)O)ccc21. The second-order valence-electron chi connectivity index (χ2n) is 4.91. The zero-order valence-corrected chi connectivity index (χ0v) is 12.3. The molecule has 1 amide bonds. The number of carbonyl (C=O) groups excluding carboxylic acids is 1. The Hall–Kier alpha value is -1.44. The number of amides is 1. The Balaban J connectivity index is 2.27. The highest BCUT2D eigenvalue weighted by molar-refractivity contribution is 7.89. The van der Waals surface area contributed by atoms with Crippen LogP contribution < -0.4 is 9.62 Å². The summed E-state index contributed by atoms with van der Waals surface area (Å²) in [4.78, 5) is 13.2. The number of benzene rings is 1. The van der Waals surface area contributed by atoms with Gasteiger partial charge in [0, 0.05) is 25.7 Å². The highest BCUT2D eigenvalue weighted by Gasteiger charge is 2.24. The van der Waals surface area contributed by atoms with Gasteiger partial charge in [0.15, 0.2) is 0 Å². The molecule has 1 aliphatic rings. The molecule has 0 saturated carbocycles. The van der Waals surface area contributed by atoms with Crippen LogP contribution in [0.5, 0.6) is 0 Å². The maximum Gasteiger partial charge on any atom is 0.240 e. The van der Waals surface area contributed by atoms with Crippen molar-refractivity contribution in [2.45, 2.75) is 31.3 Å². The minimum Gasteiger partial charge on any atom is -0.392 e. The lowest BCUT2D eigenvalue weighted by atomic mass is 10.2. The number of aliphatic hydroxyl groups is 1. The molecule has 0 aliphatic carbocycles. The van der Waals surface area contributed by atoms with Gasteiger partial charge < -0.3 is 10.0 Å². The number of hydrogen-bond acceptors (Lipinski definition) is 4. The topological polar surface area (TPSA) is 86.7 Å². The Morgan fingerprint density at radius 2 is 2.20 bits per heavy atom. The fraction of sp³-hybridized carbons (Fsp3) is 0.462. The number of anilines is 1. The molecule has 1 aromatic rings. The van der Waals surface area contributed by atoms with Crippen molar-refractivity contribution in [2.24, 2.45) is 0 Å². The lowest BCUT2D eigenvalue weighted by molar-refractivity contribution is -0.116. The average Bonchev–Trinajstić information content (AvgIpc) is 2.79. The molecule has 2 rings (SSSR count). The van der Waals surface area contributed by atoms with Crippen molar-refractivity contribution in [3.05, 3.63) is 23.8 Å². The minimum atomic E-state index is -3.63. The van der Waals surface area contributed by atoms with Crippen LogP contribution in [-0.2, 0) is 21.2 Å². The third kappa shape index (κ3) is 3.00. The smallest absolute Gasteiger partial charge is 0.240 e. The molecule has 2 N–H and O–H groups in total. The molecule has 110 valence electrons. The van der Waals surface area contributed by atoms with Crippen LogP contribution in [0, 0.1) is 0 Å². The first-order valence-electron chi connectivity index (χ1n) is 6.40. The second kappa shape index (κ2) is 5.51. The Bertz CT molecular complexity index is 625. The van der Waals surface area contributed by atoms with E-state index in [4.69, 9.17) is 5.11 Å². The van der Waals surface area contributed by atoms with Gasteiger partial charge in [-0.2, -0.15) is 0 Å². The van der Waals surface area contributed by atoms with E-state index in [9.17, 15) is 13.2 Å². The van der Waals surface area contributed by atoms with E-state index in [1.807, 2.05) is 0 Å². The van der Waals surface area contributed by atoms with Gasteiger partial charge in [0.1, 0.15) is 0 Å². The maximum atomic E-state index is 12.0. The van der Waals surface area contributed by atoms with E-state index in [-0.39, 0.29) is 17.3 Å². The molecule has 7 heteroatoms. The predicted octanol–water partition coefficient (Wildman–Crippen LogP) is 0.255. The highest BCUT2D eigenvalue weighted by Crippen LogP contribution is 2.30. The standard InChI is InChI=1S/C13H18N2O4S/c1-9(16)8-14-20(18,19)12-3-4-13-11(7-12)5-6-15(13)10(2)17/h3-4,7,9,14,16H,5-6,8H2,1-2H3/t9-/m1/s1. The normalized spacial score (nSPS) is 16.1.